The molecule has 0 unspecified atom stereocenters. The first-order valence-electron chi connectivity index (χ1n) is 10.5. The van der Waals surface area contributed by atoms with Crippen LogP contribution in [0.2, 0.25) is 0 Å². The molecule has 4 rings (SSSR count). The van der Waals surface area contributed by atoms with E-state index in [9.17, 15) is 13.2 Å². The molecule has 0 saturated heterocycles. The van der Waals surface area contributed by atoms with Crippen molar-refractivity contribution in [1.29, 1.82) is 0 Å². The Morgan fingerprint density at radius 2 is 1.78 bits per heavy atom. The fourth-order valence-corrected chi connectivity index (χ4v) is 5.37. The standard InChI is InChI=1S/C24H25NO6S/c1-3-25(32(28,29)23-12-7-16(2)31-23)21-13-19-5-4-6-20(19)14-22(21)30-15-17-8-10-18(11-9-17)24(26)27/h7-14H,3-6,15H2,1-2H3,(H,26,27). The van der Waals surface area contributed by atoms with Gasteiger partial charge in [-0.05, 0) is 86.2 Å². The molecule has 1 aliphatic carbocycles. The molecule has 8 heteroatoms. The summed E-state index contributed by atoms with van der Waals surface area (Å²) in [4.78, 5) is 11.1. The summed E-state index contributed by atoms with van der Waals surface area (Å²) in [6, 6.07) is 13.3. The SMILES string of the molecule is CCN(c1cc2c(cc1OCc1ccc(C(=O)O)cc1)CCC2)S(=O)(=O)c1ccc(C)o1. The predicted octanol–water partition coefficient (Wildman–Crippen LogP) is 4.57. The summed E-state index contributed by atoms with van der Waals surface area (Å²) < 4.78 is 39.5. The van der Waals surface area contributed by atoms with Crippen LogP contribution in [0, 0.1) is 6.92 Å². The summed E-state index contributed by atoms with van der Waals surface area (Å²) in [5.41, 5.74) is 3.75. The number of aryl methyl sites for hydroxylation is 3. The fourth-order valence-electron chi connectivity index (χ4n) is 3.93. The van der Waals surface area contributed by atoms with Crippen LogP contribution in [0.15, 0.2) is 58.0 Å². The lowest BCUT2D eigenvalue weighted by Gasteiger charge is -2.25. The normalized spacial score (nSPS) is 13.1. The summed E-state index contributed by atoms with van der Waals surface area (Å²) >= 11 is 0. The number of aromatic carboxylic acids is 1. The largest absolute Gasteiger partial charge is 0.487 e. The highest BCUT2D eigenvalue weighted by Crippen LogP contribution is 2.38. The number of hydrogen-bond acceptors (Lipinski definition) is 5. The van der Waals surface area contributed by atoms with E-state index < -0.39 is 16.0 Å². The van der Waals surface area contributed by atoms with Crippen molar-refractivity contribution >= 4 is 21.7 Å². The number of ether oxygens (including phenoxy) is 1. The van der Waals surface area contributed by atoms with Crippen molar-refractivity contribution in [2.45, 2.75) is 44.8 Å². The van der Waals surface area contributed by atoms with Crippen LogP contribution in [0.25, 0.3) is 0 Å². The molecule has 1 N–H and O–H groups in total. The minimum absolute atomic E-state index is 0.104. The minimum Gasteiger partial charge on any atom is -0.487 e. The van der Waals surface area contributed by atoms with Crippen LogP contribution in [-0.2, 0) is 29.5 Å². The van der Waals surface area contributed by atoms with Crippen LogP contribution < -0.4 is 9.04 Å². The second-order valence-corrected chi connectivity index (χ2v) is 9.56. The van der Waals surface area contributed by atoms with Gasteiger partial charge in [-0.3, -0.25) is 4.31 Å². The van der Waals surface area contributed by atoms with Gasteiger partial charge in [-0.2, -0.15) is 8.42 Å². The number of hydrogen-bond donors (Lipinski definition) is 1. The van der Waals surface area contributed by atoms with Gasteiger partial charge >= 0.3 is 5.97 Å². The summed E-state index contributed by atoms with van der Waals surface area (Å²) in [5, 5.41) is 8.96. The Morgan fingerprint density at radius 1 is 1.09 bits per heavy atom. The third-order valence-electron chi connectivity index (χ3n) is 5.58. The smallest absolute Gasteiger partial charge is 0.335 e. The lowest BCUT2D eigenvalue weighted by molar-refractivity contribution is 0.0697. The molecule has 0 saturated carbocycles. The predicted molar refractivity (Wildman–Crippen MR) is 120 cm³/mol. The first-order valence-corrected chi connectivity index (χ1v) is 11.9. The van der Waals surface area contributed by atoms with Gasteiger partial charge in [-0.1, -0.05) is 12.1 Å². The van der Waals surface area contributed by atoms with Gasteiger partial charge in [0.2, 0.25) is 5.09 Å². The van der Waals surface area contributed by atoms with E-state index in [1.54, 1.807) is 32.0 Å². The molecule has 1 aliphatic rings. The van der Waals surface area contributed by atoms with Crippen LogP contribution in [-0.4, -0.2) is 26.0 Å². The second kappa shape index (κ2) is 8.70. The second-order valence-electron chi connectivity index (χ2n) is 7.77. The Labute approximate surface area is 187 Å². The first-order chi connectivity index (χ1) is 15.3. The molecule has 0 atom stereocenters. The molecule has 0 bridgehead atoms. The minimum atomic E-state index is -3.90. The monoisotopic (exact) mass is 455 g/mol. The summed E-state index contributed by atoms with van der Waals surface area (Å²) in [5.74, 6) is 0.00635. The molecule has 3 aromatic rings. The molecule has 7 nitrogen and oxygen atoms in total. The van der Waals surface area contributed by atoms with Crippen LogP contribution in [0.4, 0.5) is 5.69 Å². The molecule has 0 amide bonds. The number of carbonyl (C=O) groups is 1. The maximum Gasteiger partial charge on any atom is 0.335 e. The Balaban J connectivity index is 1.69. The molecule has 1 heterocycles. The zero-order chi connectivity index (χ0) is 22.9. The Hall–Kier alpha value is -3.26. The molecule has 1 aromatic heterocycles. The number of benzene rings is 2. The van der Waals surface area contributed by atoms with Gasteiger partial charge in [0.05, 0.1) is 11.3 Å². The average molecular weight is 456 g/mol. The quantitative estimate of drug-likeness (QED) is 0.534. The maximum absolute atomic E-state index is 13.3. The average Bonchev–Trinajstić information content (AvgIpc) is 3.41. The molecular weight excluding hydrogens is 430 g/mol. The third-order valence-corrected chi connectivity index (χ3v) is 7.35. The number of anilines is 1. The Morgan fingerprint density at radius 3 is 2.38 bits per heavy atom. The highest BCUT2D eigenvalue weighted by atomic mass is 32.2. The van der Waals surface area contributed by atoms with Gasteiger partial charge in [0.1, 0.15) is 18.1 Å². The van der Waals surface area contributed by atoms with Crippen molar-refractivity contribution in [2.24, 2.45) is 0 Å². The van der Waals surface area contributed by atoms with Gasteiger partial charge in [0, 0.05) is 6.54 Å². The number of fused-ring (bicyclic) bond motifs is 1. The highest BCUT2D eigenvalue weighted by molar-refractivity contribution is 7.92. The van der Waals surface area contributed by atoms with Crippen LogP contribution in [0.5, 0.6) is 5.75 Å². The van der Waals surface area contributed by atoms with E-state index in [1.165, 1.54) is 22.5 Å². The molecule has 2 aromatic carbocycles. The Kier molecular flexibility index (Phi) is 5.97. The Bertz CT molecular complexity index is 1240. The van der Waals surface area contributed by atoms with Crippen molar-refractivity contribution in [3.63, 3.8) is 0 Å². The fraction of sp³-hybridized carbons (Fsp3) is 0.292. The maximum atomic E-state index is 13.3. The van der Waals surface area contributed by atoms with Crippen molar-refractivity contribution in [3.05, 3.63) is 76.5 Å². The van der Waals surface area contributed by atoms with Gasteiger partial charge in [0.15, 0.2) is 0 Å². The molecule has 0 spiro atoms. The molecule has 0 fully saturated rings. The van der Waals surface area contributed by atoms with E-state index >= 15 is 0 Å². The highest BCUT2D eigenvalue weighted by Gasteiger charge is 2.30. The summed E-state index contributed by atoms with van der Waals surface area (Å²) in [6.45, 7) is 3.87. The number of sulfonamides is 1. The van der Waals surface area contributed by atoms with E-state index in [4.69, 9.17) is 14.3 Å². The van der Waals surface area contributed by atoms with Gasteiger partial charge in [-0.25, -0.2) is 4.79 Å². The van der Waals surface area contributed by atoms with Gasteiger partial charge < -0.3 is 14.3 Å². The van der Waals surface area contributed by atoms with Crippen molar-refractivity contribution < 1.29 is 27.5 Å². The first kappa shape index (κ1) is 22.0. The van der Waals surface area contributed by atoms with E-state index in [1.807, 2.05) is 12.1 Å². The molecule has 0 radical (unpaired) electrons. The number of carboxylic acid groups (broad SMARTS) is 1. The zero-order valence-corrected chi connectivity index (χ0v) is 18.8. The van der Waals surface area contributed by atoms with E-state index in [0.29, 0.717) is 17.2 Å². The van der Waals surface area contributed by atoms with Crippen LogP contribution in [0.1, 0.15) is 46.2 Å². The molecular formula is C24H25NO6S. The van der Waals surface area contributed by atoms with E-state index in [2.05, 4.69) is 0 Å². The van der Waals surface area contributed by atoms with Crippen LogP contribution >= 0.6 is 0 Å². The zero-order valence-electron chi connectivity index (χ0n) is 18.0. The third kappa shape index (κ3) is 4.23. The number of carboxylic acids is 1. The number of furan rings is 1. The van der Waals surface area contributed by atoms with Crippen LogP contribution in [0.3, 0.4) is 0 Å². The van der Waals surface area contributed by atoms with Crippen molar-refractivity contribution in [2.75, 3.05) is 10.8 Å². The lowest BCUT2D eigenvalue weighted by Crippen LogP contribution is -2.31. The topological polar surface area (TPSA) is 97.0 Å². The van der Waals surface area contributed by atoms with Crippen molar-refractivity contribution in [3.8, 4) is 5.75 Å². The van der Waals surface area contributed by atoms with Crippen molar-refractivity contribution in [1.82, 2.24) is 0 Å². The molecule has 32 heavy (non-hydrogen) atoms. The lowest BCUT2D eigenvalue weighted by atomic mass is 10.1. The number of nitrogens with zero attached hydrogens (tertiary/aromatic N) is 1. The summed E-state index contributed by atoms with van der Waals surface area (Å²) in [7, 11) is -3.90. The molecule has 0 aliphatic heterocycles. The van der Waals surface area contributed by atoms with E-state index in [0.717, 1.165) is 36.0 Å². The number of rotatable bonds is 8. The van der Waals surface area contributed by atoms with Gasteiger partial charge in [-0.15, -0.1) is 0 Å². The van der Waals surface area contributed by atoms with Gasteiger partial charge in [0.25, 0.3) is 10.0 Å². The van der Waals surface area contributed by atoms with E-state index in [-0.39, 0.29) is 23.8 Å². The summed E-state index contributed by atoms with van der Waals surface area (Å²) in [6.07, 6.45) is 2.84. The molecule has 168 valence electrons.